The van der Waals surface area contributed by atoms with Crippen LogP contribution in [0.15, 0.2) is 41.3 Å². The van der Waals surface area contributed by atoms with Crippen LogP contribution in [0.5, 0.6) is 5.75 Å². The Morgan fingerprint density at radius 3 is 2.59 bits per heavy atom. The first-order chi connectivity index (χ1) is 12.8. The summed E-state index contributed by atoms with van der Waals surface area (Å²) >= 11 is 6.96. The Hall–Kier alpha value is -2.32. The maximum Gasteiger partial charge on any atom is 0.244 e. The van der Waals surface area contributed by atoms with Crippen molar-refractivity contribution < 1.29 is 23.1 Å². The van der Waals surface area contributed by atoms with Crippen molar-refractivity contribution in [2.45, 2.75) is 4.90 Å². The quantitative estimate of drug-likeness (QED) is 0.700. The highest BCUT2D eigenvalue weighted by molar-refractivity contribution is 8.00. The standard InChI is InChI=1S/C18H17ClF2N2O3S/c1-23(18(25)10-27-12-4-5-13(20)14(21)8-12)9-17(24)22-15-7-11(19)3-6-16(15)26-2/h3-8H,9-10H2,1-2H3,(H,22,24). The van der Waals surface area contributed by atoms with E-state index in [1.807, 2.05) is 0 Å². The first-order valence-corrected chi connectivity index (χ1v) is 9.11. The first-order valence-electron chi connectivity index (χ1n) is 7.75. The van der Waals surface area contributed by atoms with E-state index >= 15 is 0 Å². The third-order valence-corrected chi connectivity index (χ3v) is 4.71. The summed E-state index contributed by atoms with van der Waals surface area (Å²) < 4.78 is 31.2. The fourth-order valence-corrected chi connectivity index (χ4v) is 3.13. The van der Waals surface area contributed by atoms with Gasteiger partial charge in [0.25, 0.3) is 0 Å². The average Bonchev–Trinajstić information content (AvgIpc) is 2.62. The topological polar surface area (TPSA) is 58.6 Å². The second-order valence-corrected chi connectivity index (χ2v) is 6.99. The lowest BCUT2D eigenvalue weighted by Crippen LogP contribution is -2.36. The summed E-state index contributed by atoms with van der Waals surface area (Å²) in [6.07, 6.45) is 0. The van der Waals surface area contributed by atoms with Gasteiger partial charge in [0, 0.05) is 17.0 Å². The fraction of sp³-hybridized carbons (Fsp3) is 0.222. The number of benzene rings is 2. The molecule has 0 saturated heterocycles. The molecule has 2 aromatic rings. The molecule has 0 aliphatic rings. The SMILES string of the molecule is COc1ccc(Cl)cc1NC(=O)CN(C)C(=O)CSc1ccc(F)c(F)c1. The maximum absolute atomic E-state index is 13.2. The molecule has 0 heterocycles. The van der Waals surface area contributed by atoms with Gasteiger partial charge in [0.2, 0.25) is 11.8 Å². The Morgan fingerprint density at radius 1 is 1.19 bits per heavy atom. The lowest BCUT2D eigenvalue weighted by Gasteiger charge is -2.17. The highest BCUT2D eigenvalue weighted by Gasteiger charge is 2.15. The molecule has 9 heteroatoms. The Kier molecular flexibility index (Phi) is 7.44. The van der Waals surface area contributed by atoms with Gasteiger partial charge >= 0.3 is 0 Å². The summed E-state index contributed by atoms with van der Waals surface area (Å²) in [5.41, 5.74) is 0.395. The summed E-state index contributed by atoms with van der Waals surface area (Å²) in [4.78, 5) is 26.0. The van der Waals surface area contributed by atoms with Crippen molar-refractivity contribution in [3.05, 3.63) is 53.1 Å². The molecule has 0 aliphatic carbocycles. The molecule has 27 heavy (non-hydrogen) atoms. The molecule has 2 amide bonds. The number of halogens is 3. The molecule has 2 aromatic carbocycles. The first kappa shape index (κ1) is 21.0. The number of anilines is 1. The third-order valence-electron chi connectivity index (χ3n) is 3.50. The molecular weight excluding hydrogens is 398 g/mol. The van der Waals surface area contributed by atoms with Crippen LogP contribution in [0.2, 0.25) is 5.02 Å². The van der Waals surface area contributed by atoms with Crippen molar-refractivity contribution in [1.82, 2.24) is 4.90 Å². The van der Waals surface area contributed by atoms with E-state index in [0.717, 1.165) is 23.9 Å². The van der Waals surface area contributed by atoms with Crippen molar-refractivity contribution in [3.8, 4) is 5.75 Å². The van der Waals surface area contributed by atoms with Crippen LogP contribution in [-0.2, 0) is 9.59 Å². The molecular formula is C18H17ClF2N2O3S. The van der Waals surface area contributed by atoms with Gasteiger partial charge in [0.1, 0.15) is 5.75 Å². The van der Waals surface area contributed by atoms with Gasteiger partial charge in [-0.25, -0.2) is 8.78 Å². The van der Waals surface area contributed by atoms with Crippen molar-refractivity contribution in [1.29, 1.82) is 0 Å². The predicted molar refractivity (Wildman–Crippen MR) is 101 cm³/mol. The molecule has 0 spiro atoms. The number of likely N-dealkylation sites (N-methyl/N-ethyl adjacent to an activating group) is 1. The van der Waals surface area contributed by atoms with Crippen molar-refractivity contribution in [2.75, 3.05) is 31.8 Å². The van der Waals surface area contributed by atoms with E-state index in [-0.39, 0.29) is 18.2 Å². The zero-order valence-electron chi connectivity index (χ0n) is 14.6. The summed E-state index contributed by atoms with van der Waals surface area (Å²) in [7, 11) is 2.94. The molecule has 0 aromatic heterocycles. The number of carbonyl (C=O) groups excluding carboxylic acids is 2. The maximum atomic E-state index is 13.2. The van der Waals surface area contributed by atoms with E-state index in [9.17, 15) is 18.4 Å². The number of nitrogens with one attached hydrogen (secondary N) is 1. The molecule has 2 rings (SSSR count). The smallest absolute Gasteiger partial charge is 0.244 e. The number of amides is 2. The van der Waals surface area contributed by atoms with E-state index in [1.54, 1.807) is 18.2 Å². The number of ether oxygens (including phenoxy) is 1. The zero-order chi connectivity index (χ0) is 20.0. The fourth-order valence-electron chi connectivity index (χ4n) is 2.09. The Morgan fingerprint density at radius 2 is 1.93 bits per heavy atom. The summed E-state index contributed by atoms with van der Waals surface area (Å²) in [6.45, 7) is -0.188. The minimum atomic E-state index is -0.976. The summed E-state index contributed by atoms with van der Waals surface area (Å²) in [5.74, 6) is -2.26. The van der Waals surface area contributed by atoms with Gasteiger partial charge in [-0.2, -0.15) is 0 Å². The normalized spacial score (nSPS) is 10.4. The molecule has 0 radical (unpaired) electrons. The molecule has 0 aliphatic heterocycles. The lowest BCUT2D eigenvalue weighted by atomic mass is 10.3. The van der Waals surface area contributed by atoms with Gasteiger partial charge < -0.3 is 15.0 Å². The number of rotatable bonds is 7. The molecule has 0 bridgehead atoms. The minimum absolute atomic E-state index is 0.0185. The highest BCUT2D eigenvalue weighted by Crippen LogP contribution is 2.27. The molecule has 0 fully saturated rings. The van der Waals surface area contributed by atoms with Crippen molar-refractivity contribution in [3.63, 3.8) is 0 Å². The van der Waals surface area contributed by atoms with E-state index in [1.165, 1.54) is 25.1 Å². The van der Waals surface area contributed by atoms with Crippen molar-refractivity contribution >= 4 is 40.9 Å². The second-order valence-electron chi connectivity index (χ2n) is 5.51. The van der Waals surface area contributed by atoms with Gasteiger partial charge in [-0.1, -0.05) is 11.6 Å². The number of carbonyl (C=O) groups is 2. The Bertz CT molecular complexity index is 851. The lowest BCUT2D eigenvalue weighted by molar-refractivity contribution is -0.131. The number of hydrogen-bond donors (Lipinski definition) is 1. The third kappa shape index (κ3) is 6.11. The molecule has 0 atom stereocenters. The Balaban J connectivity index is 1.89. The van der Waals surface area contributed by atoms with Gasteiger partial charge in [0.15, 0.2) is 11.6 Å². The van der Waals surface area contributed by atoms with Crippen LogP contribution in [0.4, 0.5) is 14.5 Å². The van der Waals surface area contributed by atoms with Crippen LogP contribution in [0.3, 0.4) is 0 Å². The Labute approximate surface area is 164 Å². The van der Waals surface area contributed by atoms with Gasteiger partial charge in [-0.15, -0.1) is 11.8 Å². The van der Waals surface area contributed by atoms with Crippen LogP contribution < -0.4 is 10.1 Å². The summed E-state index contributed by atoms with van der Waals surface area (Å²) in [5, 5.41) is 3.06. The minimum Gasteiger partial charge on any atom is -0.495 e. The van der Waals surface area contributed by atoms with Crippen LogP contribution >= 0.6 is 23.4 Å². The van der Waals surface area contributed by atoms with Crippen LogP contribution in [0.25, 0.3) is 0 Å². The van der Waals surface area contributed by atoms with Crippen LogP contribution in [-0.4, -0.2) is 43.2 Å². The van der Waals surface area contributed by atoms with Gasteiger partial charge in [-0.05, 0) is 36.4 Å². The molecule has 5 nitrogen and oxygen atoms in total. The van der Waals surface area contributed by atoms with Gasteiger partial charge in [0.05, 0.1) is 25.1 Å². The number of methoxy groups -OCH3 is 1. The predicted octanol–water partition coefficient (Wildman–Crippen LogP) is 3.82. The van der Waals surface area contributed by atoms with E-state index in [0.29, 0.717) is 21.4 Å². The molecule has 144 valence electrons. The second kappa shape index (κ2) is 9.57. The van der Waals surface area contributed by atoms with E-state index in [4.69, 9.17) is 16.3 Å². The number of thioether (sulfide) groups is 1. The number of hydrogen-bond acceptors (Lipinski definition) is 4. The van der Waals surface area contributed by atoms with Crippen molar-refractivity contribution in [2.24, 2.45) is 0 Å². The van der Waals surface area contributed by atoms with Crippen LogP contribution in [0.1, 0.15) is 0 Å². The molecule has 1 N–H and O–H groups in total. The summed E-state index contributed by atoms with van der Waals surface area (Å²) in [6, 6.07) is 8.18. The average molecular weight is 415 g/mol. The van der Waals surface area contributed by atoms with Crippen LogP contribution in [0, 0.1) is 11.6 Å². The molecule has 0 unspecified atom stereocenters. The number of nitrogens with zero attached hydrogens (tertiary/aromatic N) is 1. The largest absolute Gasteiger partial charge is 0.495 e. The molecule has 0 saturated carbocycles. The zero-order valence-corrected chi connectivity index (χ0v) is 16.2. The van der Waals surface area contributed by atoms with Gasteiger partial charge in [-0.3, -0.25) is 9.59 Å². The van der Waals surface area contributed by atoms with E-state index < -0.39 is 17.5 Å². The monoisotopic (exact) mass is 414 g/mol. The van der Waals surface area contributed by atoms with E-state index in [2.05, 4.69) is 5.32 Å². The highest BCUT2D eigenvalue weighted by atomic mass is 35.5.